The summed E-state index contributed by atoms with van der Waals surface area (Å²) in [7, 11) is 0. The summed E-state index contributed by atoms with van der Waals surface area (Å²) in [6.45, 7) is 3.40. The summed E-state index contributed by atoms with van der Waals surface area (Å²) in [6.07, 6.45) is 0.203. The van der Waals surface area contributed by atoms with E-state index in [1.807, 2.05) is 72.8 Å². The molecule has 0 heterocycles. The van der Waals surface area contributed by atoms with Crippen LogP contribution in [0.4, 0.5) is 5.69 Å². The molecular formula is C26H28N2O3. The second kappa shape index (κ2) is 10.0. The molecule has 0 aromatic heterocycles. The zero-order valence-electron chi connectivity index (χ0n) is 17.8. The molecule has 31 heavy (non-hydrogen) atoms. The Morgan fingerprint density at radius 3 is 1.84 bits per heavy atom. The zero-order chi connectivity index (χ0) is 22.3. The first-order valence-electron chi connectivity index (χ1n) is 10.3. The van der Waals surface area contributed by atoms with Crippen LogP contribution in [0.2, 0.25) is 0 Å². The van der Waals surface area contributed by atoms with Crippen molar-refractivity contribution >= 4 is 17.5 Å². The maximum atomic E-state index is 13.2. The van der Waals surface area contributed by atoms with Crippen molar-refractivity contribution in [1.29, 1.82) is 0 Å². The van der Waals surface area contributed by atoms with E-state index in [1.54, 1.807) is 26.0 Å². The largest absolute Gasteiger partial charge is 0.394 e. The first kappa shape index (κ1) is 22.2. The molecule has 5 heteroatoms. The summed E-state index contributed by atoms with van der Waals surface area (Å²) in [4.78, 5) is 25.3. The van der Waals surface area contributed by atoms with Crippen LogP contribution in [-0.2, 0) is 16.0 Å². The molecule has 5 nitrogen and oxygen atoms in total. The summed E-state index contributed by atoms with van der Waals surface area (Å²) in [6, 6.07) is 26.6. The van der Waals surface area contributed by atoms with Gasteiger partial charge in [-0.15, -0.1) is 0 Å². The van der Waals surface area contributed by atoms with Crippen molar-refractivity contribution in [3.63, 3.8) is 0 Å². The standard InChI is InChI=1S/C26H28N2O3/c1-26(2,18-29)28-23(30)17-19-13-15-22(16-14-19)27-25(31)24(20-9-5-3-6-10-20)21-11-7-4-8-12-21/h3-16,24,29H,17-18H2,1-2H3,(H,27,31)(H,28,30). The third-order valence-electron chi connectivity index (χ3n) is 4.99. The van der Waals surface area contributed by atoms with Gasteiger partial charge in [0, 0.05) is 5.69 Å². The molecule has 0 radical (unpaired) electrons. The number of amides is 2. The lowest BCUT2D eigenvalue weighted by Crippen LogP contribution is -2.46. The van der Waals surface area contributed by atoms with Crippen LogP contribution in [-0.4, -0.2) is 29.1 Å². The van der Waals surface area contributed by atoms with E-state index in [-0.39, 0.29) is 24.8 Å². The highest BCUT2D eigenvalue weighted by Crippen LogP contribution is 2.26. The first-order valence-corrected chi connectivity index (χ1v) is 10.3. The van der Waals surface area contributed by atoms with Crippen molar-refractivity contribution in [1.82, 2.24) is 5.32 Å². The molecule has 3 aromatic rings. The number of hydrogen-bond donors (Lipinski definition) is 3. The average Bonchev–Trinajstić information content (AvgIpc) is 2.76. The van der Waals surface area contributed by atoms with Gasteiger partial charge < -0.3 is 15.7 Å². The van der Waals surface area contributed by atoms with Gasteiger partial charge in [-0.3, -0.25) is 9.59 Å². The minimum atomic E-state index is -0.658. The predicted molar refractivity (Wildman–Crippen MR) is 123 cm³/mol. The molecule has 0 fully saturated rings. The summed E-state index contributed by atoms with van der Waals surface area (Å²) < 4.78 is 0. The Labute approximate surface area is 183 Å². The Hall–Kier alpha value is -3.44. The summed E-state index contributed by atoms with van der Waals surface area (Å²) in [5, 5.41) is 15.1. The zero-order valence-corrected chi connectivity index (χ0v) is 17.8. The van der Waals surface area contributed by atoms with Crippen molar-refractivity contribution in [3.05, 3.63) is 102 Å². The fourth-order valence-electron chi connectivity index (χ4n) is 3.35. The normalized spacial score (nSPS) is 11.2. The number of carbonyl (C=O) groups excluding carboxylic acids is 2. The van der Waals surface area contributed by atoms with Gasteiger partial charge >= 0.3 is 0 Å². The van der Waals surface area contributed by atoms with Crippen LogP contribution in [0.3, 0.4) is 0 Å². The number of rotatable bonds is 8. The Morgan fingerprint density at radius 1 is 0.839 bits per heavy atom. The van der Waals surface area contributed by atoms with Crippen molar-refractivity contribution in [2.75, 3.05) is 11.9 Å². The van der Waals surface area contributed by atoms with Crippen LogP contribution in [0.25, 0.3) is 0 Å². The van der Waals surface area contributed by atoms with Gasteiger partial charge in [0.1, 0.15) is 0 Å². The molecule has 3 N–H and O–H groups in total. The first-order chi connectivity index (χ1) is 14.9. The van der Waals surface area contributed by atoms with Gasteiger partial charge in [0.15, 0.2) is 0 Å². The Kier molecular flexibility index (Phi) is 7.21. The lowest BCUT2D eigenvalue weighted by molar-refractivity contribution is -0.122. The van der Waals surface area contributed by atoms with E-state index in [2.05, 4.69) is 10.6 Å². The molecule has 3 rings (SSSR count). The van der Waals surface area contributed by atoms with Gasteiger partial charge in [0.25, 0.3) is 0 Å². The van der Waals surface area contributed by atoms with Gasteiger partial charge in [0.2, 0.25) is 11.8 Å². The number of nitrogens with one attached hydrogen (secondary N) is 2. The highest BCUT2D eigenvalue weighted by Gasteiger charge is 2.23. The molecule has 0 spiro atoms. The van der Waals surface area contributed by atoms with Gasteiger partial charge in [-0.2, -0.15) is 0 Å². The molecule has 2 amide bonds. The Balaban J connectivity index is 1.71. The maximum Gasteiger partial charge on any atom is 0.236 e. The monoisotopic (exact) mass is 416 g/mol. The number of aliphatic hydroxyl groups is 1. The number of aliphatic hydroxyl groups excluding tert-OH is 1. The summed E-state index contributed by atoms with van der Waals surface area (Å²) >= 11 is 0. The van der Waals surface area contributed by atoms with E-state index < -0.39 is 11.5 Å². The fourth-order valence-corrected chi connectivity index (χ4v) is 3.35. The Morgan fingerprint density at radius 2 is 1.35 bits per heavy atom. The second-order valence-electron chi connectivity index (χ2n) is 8.21. The van der Waals surface area contributed by atoms with E-state index in [0.717, 1.165) is 16.7 Å². The summed E-state index contributed by atoms with van der Waals surface area (Å²) in [5.41, 5.74) is 2.68. The lowest BCUT2D eigenvalue weighted by Gasteiger charge is -2.23. The molecule has 0 unspecified atom stereocenters. The van der Waals surface area contributed by atoms with E-state index in [0.29, 0.717) is 5.69 Å². The third-order valence-corrected chi connectivity index (χ3v) is 4.99. The quantitative estimate of drug-likeness (QED) is 0.521. The molecule has 0 atom stereocenters. The van der Waals surface area contributed by atoms with Crippen LogP contribution in [0.1, 0.15) is 36.5 Å². The van der Waals surface area contributed by atoms with E-state index in [4.69, 9.17) is 0 Å². The Bertz CT molecular complexity index is 960. The fraction of sp³-hybridized carbons (Fsp3) is 0.231. The highest BCUT2D eigenvalue weighted by atomic mass is 16.3. The molecular weight excluding hydrogens is 388 g/mol. The van der Waals surface area contributed by atoms with Crippen LogP contribution < -0.4 is 10.6 Å². The molecule has 0 bridgehead atoms. The number of anilines is 1. The molecule has 3 aromatic carbocycles. The van der Waals surface area contributed by atoms with Gasteiger partial charge in [-0.05, 0) is 42.7 Å². The smallest absolute Gasteiger partial charge is 0.236 e. The van der Waals surface area contributed by atoms with Gasteiger partial charge in [0.05, 0.1) is 24.5 Å². The van der Waals surface area contributed by atoms with Crippen molar-refractivity contribution in [2.24, 2.45) is 0 Å². The molecule has 0 saturated heterocycles. The van der Waals surface area contributed by atoms with E-state index >= 15 is 0 Å². The number of carbonyl (C=O) groups is 2. The van der Waals surface area contributed by atoms with Crippen molar-refractivity contribution in [2.45, 2.75) is 31.7 Å². The summed E-state index contributed by atoms with van der Waals surface area (Å²) in [5.74, 6) is -0.704. The van der Waals surface area contributed by atoms with Crippen molar-refractivity contribution in [3.8, 4) is 0 Å². The minimum Gasteiger partial charge on any atom is -0.394 e. The average molecular weight is 417 g/mol. The van der Waals surface area contributed by atoms with Crippen LogP contribution >= 0.6 is 0 Å². The van der Waals surface area contributed by atoms with Gasteiger partial charge in [-0.1, -0.05) is 72.8 Å². The third kappa shape index (κ3) is 6.27. The molecule has 0 saturated carbocycles. The molecule has 160 valence electrons. The second-order valence-corrected chi connectivity index (χ2v) is 8.21. The highest BCUT2D eigenvalue weighted by molar-refractivity contribution is 5.98. The van der Waals surface area contributed by atoms with E-state index in [1.165, 1.54) is 0 Å². The molecule has 0 aliphatic carbocycles. The number of hydrogen-bond acceptors (Lipinski definition) is 3. The number of benzene rings is 3. The molecule has 0 aliphatic rings. The maximum absolute atomic E-state index is 13.2. The predicted octanol–water partition coefficient (Wildman–Crippen LogP) is 3.89. The van der Waals surface area contributed by atoms with Crippen LogP contribution in [0, 0.1) is 0 Å². The SMILES string of the molecule is CC(C)(CO)NC(=O)Cc1ccc(NC(=O)C(c2ccccc2)c2ccccc2)cc1. The molecule has 0 aliphatic heterocycles. The van der Waals surface area contributed by atoms with Crippen molar-refractivity contribution < 1.29 is 14.7 Å². The lowest BCUT2D eigenvalue weighted by atomic mass is 9.90. The van der Waals surface area contributed by atoms with Crippen LogP contribution in [0.15, 0.2) is 84.9 Å². The van der Waals surface area contributed by atoms with Crippen LogP contribution in [0.5, 0.6) is 0 Å². The van der Waals surface area contributed by atoms with E-state index in [9.17, 15) is 14.7 Å². The topological polar surface area (TPSA) is 78.4 Å². The minimum absolute atomic E-state index is 0.118. The van der Waals surface area contributed by atoms with Gasteiger partial charge in [-0.25, -0.2) is 0 Å².